The van der Waals surface area contributed by atoms with Gasteiger partial charge in [0, 0.05) is 17.1 Å². The van der Waals surface area contributed by atoms with Crippen LogP contribution in [0.4, 0.5) is 0 Å². The predicted octanol–water partition coefficient (Wildman–Crippen LogP) is -1.69. The quantitative estimate of drug-likeness (QED) is 0.346. The molecule has 0 amide bonds. The molecule has 0 fully saturated rings. The summed E-state index contributed by atoms with van der Waals surface area (Å²) in [6.45, 7) is 0. The Morgan fingerprint density at radius 1 is 1.25 bits per heavy atom. The van der Waals surface area contributed by atoms with E-state index in [0.29, 0.717) is 10.1 Å². The van der Waals surface area contributed by atoms with E-state index >= 15 is 0 Å². The molecule has 0 atom stereocenters. The molecule has 1 radical (unpaired) electrons. The summed E-state index contributed by atoms with van der Waals surface area (Å²) >= 11 is 0. The van der Waals surface area contributed by atoms with Gasteiger partial charge in [-0.25, -0.2) is 0 Å². The Labute approximate surface area is 50.7 Å². The van der Waals surface area contributed by atoms with Crippen molar-refractivity contribution in [2.45, 2.75) is 0 Å². The van der Waals surface area contributed by atoms with Crippen molar-refractivity contribution < 1.29 is 21.5 Å². The third kappa shape index (κ3) is 11.1. The van der Waals surface area contributed by atoms with Gasteiger partial charge in [-0.2, -0.15) is 0 Å². The molecule has 0 saturated carbocycles. The molecule has 0 unspecified atom stereocenters. The van der Waals surface area contributed by atoms with Gasteiger partial charge in [0.05, 0.1) is 0 Å². The molecule has 1 nitrogen and oxygen atoms in total. The number of hydrogen-bond donors (Lipinski definition) is 0. The summed E-state index contributed by atoms with van der Waals surface area (Å²) in [5, 5.41) is 0. The maximum atomic E-state index is 8.28. The third-order valence-electron chi connectivity index (χ3n) is 0. The number of rotatable bonds is 0. The molecule has 0 aliphatic carbocycles. The Bertz CT molecular complexity index is 8.00. The molecule has 0 aromatic rings. The van der Waals surface area contributed by atoms with Crippen molar-refractivity contribution >= 4 is 29.0 Å². The van der Waals surface area contributed by atoms with Crippen molar-refractivity contribution in [1.82, 2.24) is 0 Å². The molecule has 4 heavy (non-hydrogen) atoms. The van der Waals surface area contributed by atoms with E-state index in [-0.39, 0.29) is 35.9 Å². The molecule has 4 heteroatoms. The molecule has 0 spiro atoms. The van der Waals surface area contributed by atoms with Gasteiger partial charge in [-0.3, -0.25) is 0 Å². The molecule has 0 aliphatic rings. The molecule has 0 heterocycles. The van der Waals surface area contributed by atoms with E-state index in [1.165, 1.54) is 0 Å². The molecule has 0 saturated heterocycles. The third-order valence-corrected chi connectivity index (χ3v) is 0. The summed E-state index contributed by atoms with van der Waals surface area (Å²) < 4.78 is 8.28. The van der Waals surface area contributed by atoms with E-state index in [1.54, 1.807) is 0 Å². The topological polar surface area (TPSA) is 17.1 Å². The first-order valence-electron chi connectivity index (χ1n) is 0.289. The van der Waals surface area contributed by atoms with Crippen molar-refractivity contribution in [3.63, 3.8) is 0 Å². The van der Waals surface area contributed by atoms with E-state index in [9.17, 15) is 0 Å². The first-order chi connectivity index (χ1) is 1.00. The maximum absolute atomic E-state index is 8.28. The summed E-state index contributed by atoms with van der Waals surface area (Å²) in [7, 11) is 0.611. The Hall–Kier alpha value is 1.13. The Morgan fingerprint density at radius 2 is 1.25 bits per heavy atom. The molecule has 0 bridgehead atoms. The summed E-state index contributed by atoms with van der Waals surface area (Å²) in [4.78, 5) is 0. The van der Waals surface area contributed by atoms with Crippen LogP contribution in [-0.4, -0.2) is 29.0 Å². The van der Waals surface area contributed by atoms with Crippen LogP contribution >= 0.6 is 0 Å². The van der Waals surface area contributed by atoms with Gasteiger partial charge in [-0.1, -0.05) is 0 Å². The molecule has 0 aliphatic heterocycles. The second-order valence-corrected chi connectivity index (χ2v) is 0. The fourth-order valence-corrected chi connectivity index (χ4v) is 0. The molecule has 0 aromatic heterocycles. The molecular weight excluding hydrogens is 115 g/mol. The van der Waals surface area contributed by atoms with Crippen LogP contribution in [0.2, 0.25) is 0 Å². The summed E-state index contributed by atoms with van der Waals surface area (Å²) in [5.41, 5.74) is 0. The first kappa shape index (κ1) is 19.3. The normalized spacial score (nSPS) is 1.00. The predicted molar refractivity (Wildman–Crippen MR) is 16.4 cm³/mol. The van der Waals surface area contributed by atoms with Crippen LogP contribution < -0.4 is 0 Å². The van der Waals surface area contributed by atoms with Gasteiger partial charge in [0.15, 0.2) is 0 Å². The van der Waals surface area contributed by atoms with Crippen molar-refractivity contribution in [2.24, 2.45) is 0 Å². The molecule has 0 rings (SSSR count). The Kier molecular flexibility index (Phi) is 152. The van der Waals surface area contributed by atoms with Crippen molar-refractivity contribution in [3.8, 4) is 0 Å². The SMILES string of the molecule is O=[SiH2].[Cu].[LiH]. The van der Waals surface area contributed by atoms with E-state index < -0.39 is 0 Å². The van der Waals surface area contributed by atoms with E-state index in [0.717, 1.165) is 0 Å². The van der Waals surface area contributed by atoms with Gasteiger partial charge in [0.1, 0.15) is 0 Å². The second-order valence-electron chi connectivity index (χ2n) is 0. The zero-order valence-corrected chi connectivity index (χ0v) is 3.77. The van der Waals surface area contributed by atoms with Crippen LogP contribution in [0.1, 0.15) is 0 Å². The van der Waals surface area contributed by atoms with Gasteiger partial charge in [-0.05, 0) is 0 Å². The van der Waals surface area contributed by atoms with E-state index in [2.05, 4.69) is 0 Å². The van der Waals surface area contributed by atoms with Crippen LogP contribution in [0.15, 0.2) is 0 Å². The molecule has 0 aromatic carbocycles. The van der Waals surface area contributed by atoms with Crippen LogP contribution in [0, 0.1) is 0 Å². The monoisotopic (exact) mass is 117 g/mol. The first-order valence-corrected chi connectivity index (χ1v) is 0.866. The molecule has 25 valence electrons. The van der Waals surface area contributed by atoms with Crippen molar-refractivity contribution in [1.29, 1.82) is 0 Å². The second kappa shape index (κ2) is 31.6. The van der Waals surface area contributed by atoms with Gasteiger partial charge < -0.3 is 4.46 Å². The van der Waals surface area contributed by atoms with Crippen molar-refractivity contribution in [3.05, 3.63) is 0 Å². The minimum atomic E-state index is 0. The summed E-state index contributed by atoms with van der Waals surface area (Å²) in [6.07, 6.45) is 0. The Morgan fingerprint density at radius 3 is 1.25 bits per heavy atom. The zero-order valence-electron chi connectivity index (χ0n) is 1.42. The van der Waals surface area contributed by atoms with Crippen molar-refractivity contribution in [2.75, 3.05) is 0 Å². The summed E-state index contributed by atoms with van der Waals surface area (Å²) in [6, 6.07) is 0. The molecule has 0 N–H and O–H groups in total. The van der Waals surface area contributed by atoms with Crippen LogP contribution in [-0.2, 0) is 21.5 Å². The average Bonchev–Trinajstić information content (AvgIpc) is 1.00. The zero-order chi connectivity index (χ0) is 2.00. The van der Waals surface area contributed by atoms with Gasteiger partial charge in [-0.15, -0.1) is 0 Å². The van der Waals surface area contributed by atoms with Gasteiger partial charge in [0.25, 0.3) is 0 Å². The van der Waals surface area contributed by atoms with Gasteiger partial charge >= 0.3 is 18.9 Å². The van der Waals surface area contributed by atoms with Crippen LogP contribution in [0.3, 0.4) is 0 Å². The fourth-order valence-electron chi connectivity index (χ4n) is 0. The fraction of sp³-hybridized carbons (Fsp3) is 0. The summed E-state index contributed by atoms with van der Waals surface area (Å²) in [5.74, 6) is 0. The van der Waals surface area contributed by atoms with Crippen LogP contribution in [0.25, 0.3) is 0 Å². The van der Waals surface area contributed by atoms with Crippen LogP contribution in [0.5, 0.6) is 0 Å². The minimum absolute atomic E-state index is 0. The molecular formula is H3CuLiOSi. The van der Waals surface area contributed by atoms with E-state index in [1.807, 2.05) is 0 Å². The van der Waals surface area contributed by atoms with E-state index in [4.69, 9.17) is 4.46 Å². The van der Waals surface area contributed by atoms with Gasteiger partial charge in [0.2, 0.25) is 10.1 Å². The number of hydrogen-bond acceptors (Lipinski definition) is 1. The average molecular weight is 118 g/mol. The standard InChI is InChI=1S/Cu.Li.H2OSi.H/c;;1-2;/h;;2H2;. The Balaban J connectivity index is -0.00000000500.